The fraction of sp³-hybridized carbons (Fsp3) is 0.174. The quantitative estimate of drug-likeness (QED) is 0.564. The Kier molecular flexibility index (Phi) is 8.08. The van der Waals surface area contributed by atoms with Gasteiger partial charge in [-0.05, 0) is 36.4 Å². The van der Waals surface area contributed by atoms with Gasteiger partial charge in [-0.3, -0.25) is 4.79 Å². The molecule has 1 aliphatic heterocycles. The highest BCUT2D eigenvalue weighted by atomic mass is 16.5. The summed E-state index contributed by atoms with van der Waals surface area (Å²) in [5, 5.41) is 9.06. The van der Waals surface area contributed by atoms with Crippen molar-refractivity contribution in [1.29, 1.82) is 0 Å². The smallest absolute Gasteiger partial charge is 0.247 e. The number of morpholine rings is 1. The molecular formula is C23H25N5O2. The number of ether oxygens (including phenoxy) is 1. The van der Waals surface area contributed by atoms with Gasteiger partial charge in [0.15, 0.2) is 0 Å². The zero-order valence-corrected chi connectivity index (χ0v) is 16.7. The zero-order valence-electron chi connectivity index (χ0n) is 16.7. The number of hydrogen-bond acceptors (Lipinski definition) is 6. The van der Waals surface area contributed by atoms with Gasteiger partial charge in [0.05, 0.1) is 18.9 Å². The maximum absolute atomic E-state index is 11.4. The first-order chi connectivity index (χ1) is 14.7. The number of carbonyl (C=O) groups excluding carboxylic acids is 1. The number of nitrogens with zero attached hydrogens (tertiary/aromatic N) is 2. The van der Waals surface area contributed by atoms with Gasteiger partial charge >= 0.3 is 0 Å². The van der Waals surface area contributed by atoms with Crippen LogP contribution in [0.3, 0.4) is 0 Å². The topological polar surface area (TPSA) is 88.2 Å². The highest BCUT2D eigenvalue weighted by Crippen LogP contribution is 2.22. The summed E-state index contributed by atoms with van der Waals surface area (Å²) in [6.45, 7) is 7.28. The molecule has 7 nitrogen and oxygen atoms in total. The molecule has 3 aromatic rings. The Morgan fingerprint density at radius 2 is 1.80 bits per heavy atom. The second-order valence-corrected chi connectivity index (χ2v) is 6.39. The van der Waals surface area contributed by atoms with Crippen molar-refractivity contribution in [1.82, 2.24) is 15.3 Å². The van der Waals surface area contributed by atoms with Gasteiger partial charge in [0.1, 0.15) is 0 Å². The fourth-order valence-corrected chi connectivity index (χ4v) is 2.70. The lowest BCUT2D eigenvalue weighted by molar-refractivity contribution is -0.111. The molecule has 1 fully saturated rings. The molecule has 0 spiro atoms. The van der Waals surface area contributed by atoms with Gasteiger partial charge in [-0.25, -0.2) is 9.97 Å². The first-order valence-electron chi connectivity index (χ1n) is 9.72. The number of para-hydroxylation sites is 1. The molecule has 1 amide bonds. The van der Waals surface area contributed by atoms with Crippen LogP contribution in [-0.2, 0) is 9.53 Å². The van der Waals surface area contributed by atoms with Crippen LogP contribution >= 0.6 is 0 Å². The molecular weight excluding hydrogens is 378 g/mol. The summed E-state index contributed by atoms with van der Waals surface area (Å²) >= 11 is 0. The Morgan fingerprint density at radius 3 is 2.47 bits per heavy atom. The van der Waals surface area contributed by atoms with E-state index < -0.39 is 0 Å². The van der Waals surface area contributed by atoms with E-state index in [0.29, 0.717) is 11.6 Å². The SMILES string of the molecule is C1COCCN1.C=CC(=O)Nc1cccc(-c2ccnc(Nc3ccccc3)n2)c1. The maximum Gasteiger partial charge on any atom is 0.247 e. The van der Waals surface area contributed by atoms with Crippen LogP contribution in [-0.4, -0.2) is 42.2 Å². The molecule has 1 aliphatic rings. The first-order valence-corrected chi connectivity index (χ1v) is 9.72. The third kappa shape index (κ3) is 6.80. The van der Waals surface area contributed by atoms with E-state index in [1.54, 1.807) is 6.20 Å². The minimum Gasteiger partial charge on any atom is -0.379 e. The molecule has 0 bridgehead atoms. The first kappa shape index (κ1) is 21.2. The number of benzene rings is 2. The number of carbonyl (C=O) groups is 1. The number of amides is 1. The van der Waals surface area contributed by atoms with E-state index in [1.165, 1.54) is 6.08 Å². The summed E-state index contributed by atoms with van der Waals surface area (Å²) in [5.41, 5.74) is 3.25. The molecule has 1 aromatic heterocycles. The van der Waals surface area contributed by atoms with E-state index in [0.717, 1.165) is 43.2 Å². The van der Waals surface area contributed by atoms with Gasteiger partial charge in [0, 0.05) is 36.2 Å². The van der Waals surface area contributed by atoms with E-state index in [9.17, 15) is 4.79 Å². The molecule has 30 heavy (non-hydrogen) atoms. The van der Waals surface area contributed by atoms with E-state index in [2.05, 4.69) is 32.5 Å². The molecule has 0 aliphatic carbocycles. The number of anilines is 3. The lowest BCUT2D eigenvalue weighted by Gasteiger charge is -2.10. The Balaban J connectivity index is 0.000000367. The Morgan fingerprint density at radius 1 is 1.03 bits per heavy atom. The minimum atomic E-state index is -0.249. The summed E-state index contributed by atoms with van der Waals surface area (Å²) in [6, 6.07) is 19.0. The van der Waals surface area contributed by atoms with E-state index in [1.807, 2.05) is 60.7 Å². The van der Waals surface area contributed by atoms with Crippen molar-refractivity contribution in [2.45, 2.75) is 0 Å². The van der Waals surface area contributed by atoms with Crippen molar-refractivity contribution < 1.29 is 9.53 Å². The van der Waals surface area contributed by atoms with Crippen molar-refractivity contribution in [3.63, 3.8) is 0 Å². The minimum absolute atomic E-state index is 0.249. The van der Waals surface area contributed by atoms with Crippen LogP contribution in [0.5, 0.6) is 0 Å². The van der Waals surface area contributed by atoms with Gasteiger partial charge < -0.3 is 20.7 Å². The van der Waals surface area contributed by atoms with Gasteiger partial charge in [-0.2, -0.15) is 0 Å². The molecule has 3 N–H and O–H groups in total. The van der Waals surface area contributed by atoms with Gasteiger partial charge in [0.2, 0.25) is 11.9 Å². The lowest BCUT2D eigenvalue weighted by Crippen LogP contribution is -2.30. The molecule has 2 aromatic carbocycles. The van der Waals surface area contributed by atoms with Crippen LogP contribution < -0.4 is 16.0 Å². The molecule has 4 rings (SSSR count). The number of nitrogens with one attached hydrogen (secondary N) is 3. The normalized spacial score (nSPS) is 12.8. The van der Waals surface area contributed by atoms with Crippen molar-refractivity contribution in [3.8, 4) is 11.3 Å². The average molecular weight is 403 g/mol. The predicted octanol–water partition coefficient (Wildman–Crippen LogP) is 3.62. The highest BCUT2D eigenvalue weighted by molar-refractivity contribution is 5.99. The second-order valence-electron chi connectivity index (χ2n) is 6.39. The molecule has 1 saturated heterocycles. The van der Waals surface area contributed by atoms with Crippen LogP contribution in [0.1, 0.15) is 0 Å². The molecule has 0 atom stereocenters. The van der Waals surface area contributed by atoms with Crippen LogP contribution in [0.2, 0.25) is 0 Å². The molecule has 0 unspecified atom stereocenters. The van der Waals surface area contributed by atoms with Gasteiger partial charge in [-0.1, -0.05) is 36.9 Å². The monoisotopic (exact) mass is 403 g/mol. The summed E-state index contributed by atoms with van der Waals surface area (Å²) in [4.78, 5) is 20.2. The number of rotatable bonds is 5. The third-order valence-electron chi connectivity index (χ3n) is 4.14. The van der Waals surface area contributed by atoms with Crippen LogP contribution in [0.15, 0.2) is 79.5 Å². The Hall–Kier alpha value is -3.55. The predicted molar refractivity (Wildman–Crippen MR) is 120 cm³/mol. The molecule has 2 heterocycles. The second kappa shape index (κ2) is 11.5. The van der Waals surface area contributed by atoms with Crippen molar-refractivity contribution in [3.05, 3.63) is 79.5 Å². The van der Waals surface area contributed by atoms with Crippen molar-refractivity contribution in [2.75, 3.05) is 36.9 Å². The van der Waals surface area contributed by atoms with E-state index >= 15 is 0 Å². The van der Waals surface area contributed by atoms with Crippen LogP contribution in [0.4, 0.5) is 17.3 Å². The Bertz CT molecular complexity index is 947. The molecule has 7 heteroatoms. The summed E-state index contributed by atoms with van der Waals surface area (Å²) < 4.78 is 5.01. The van der Waals surface area contributed by atoms with Crippen LogP contribution in [0, 0.1) is 0 Å². The highest BCUT2D eigenvalue weighted by Gasteiger charge is 2.05. The molecule has 0 saturated carbocycles. The largest absolute Gasteiger partial charge is 0.379 e. The average Bonchev–Trinajstić information content (AvgIpc) is 2.81. The third-order valence-corrected chi connectivity index (χ3v) is 4.14. The number of hydrogen-bond donors (Lipinski definition) is 3. The van der Waals surface area contributed by atoms with Gasteiger partial charge in [-0.15, -0.1) is 0 Å². The standard InChI is InChI=1S/C19H16N4O.C4H9NO/c1-2-18(24)21-16-10-6-7-14(13-16)17-11-12-20-19(23-17)22-15-8-4-3-5-9-15;1-3-6-4-2-5-1/h2-13H,1H2,(H,21,24)(H,20,22,23);5H,1-4H2. The summed E-state index contributed by atoms with van der Waals surface area (Å²) in [5.74, 6) is 0.264. The summed E-state index contributed by atoms with van der Waals surface area (Å²) in [7, 11) is 0. The van der Waals surface area contributed by atoms with Crippen molar-refractivity contribution >= 4 is 23.2 Å². The lowest BCUT2D eigenvalue weighted by atomic mass is 10.1. The molecule has 154 valence electrons. The fourth-order valence-electron chi connectivity index (χ4n) is 2.70. The van der Waals surface area contributed by atoms with E-state index in [4.69, 9.17) is 4.74 Å². The van der Waals surface area contributed by atoms with Crippen LogP contribution in [0.25, 0.3) is 11.3 Å². The maximum atomic E-state index is 11.4. The summed E-state index contributed by atoms with van der Waals surface area (Å²) in [6.07, 6.45) is 2.93. The molecule has 0 radical (unpaired) electrons. The zero-order chi connectivity index (χ0) is 21.0. The van der Waals surface area contributed by atoms with E-state index in [-0.39, 0.29) is 5.91 Å². The van der Waals surface area contributed by atoms with Gasteiger partial charge in [0.25, 0.3) is 0 Å². The number of aromatic nitrogens is 2. The van der Waals surface area contributed by atoms with Crippen molar-refractivity contribution in [2.24, 2.45) is 0 Å². The Labute approximate surface area is 176 Å².